The fourth-order valence-electron chi connectivity index (χ4n) is 3.15. The SMILES string of the molecule is CC(C)C(=O)N1CCC(C)C1(COCc1ccccc1)C(=O)O. The highest BCUT2D eigenvalue weighted by molar-refractivity contribution is 5.89. The van der Waals surface area contributed by atoms with Crippen LogP contribution in [0.15, 0.2) is 30.3 Å². The smallest absolute Gasteiger partial charge is 0.332 e. The van der Waals surface area contributed by atoms with Crippen LogP contribution in [0, 0.1) is 11.8 Å². The lowest BCUT2D eigenvalue weighted by atomic mass is 9.86. The summed E-state index contributed by atoms with van der Waals surface area (Å²) in [6.45, 7) is 6.29. The molecule has 0 saturated carbocycles. The van der Waals surface area contributed by atoms with Crippen molar-refractivity contribution >= 4 is 11.9 Å². The molecular formula is C18H25NO4. The molecule has 5 heteroatoms. The zero-order chi connectivity index (χ0) is 17.0. The summed E-state index contributed by atoms with van der Waals surface area (Å²) >= 11 is 0. The number of hydrogen-bond donors (Lipinski definition) is 1. The second-order valence-corrected chi connectivity index (χ2v) is 6.54. The van der Waals surface area contributed by atoms with Crippen molar-refractivity contribution in [3.05, 3.63) is 35.9 Å². The molecular weight excluding hydrogens is 294 g/mol. The van der Waals surface area contributed by atoms with E-state index in [1.165, 1.54) is 4.90 Å². The number of carboxylic acid groups (broad SMARTS) is 1. The Morgan fingerprint density at radius 2 is 2.00 bits per heavy atom. The number of carbonyl (C=O) groups excluding carboxylic acids is 1. The highest BCUT2D eigenvalue weighted by Gasteiger charge is 2.55. The van der Waals surface area contributed by atoms with Crippen molar-refractivity contribution < 1.29 is 19.4 Å². The zero-order valence-electron chi connectivity index (χ0n) is 14.0. The van der Waals surface area contributed by atoms with Gasteiger partial charge in [0.25, 0.3) is 0 Å². The van der Waals surface area contributed by atoms with Gasteiger partial charge in [0.15, 0.2) is 5.54 Å². The quantitative estimate of drug-likeness (QED) is 0.875. The Kier molecular flexibility index (Phi) is 5.42. The highest BCUT2D eigenvalue weighted by atomic mass is 16.5. The molecule has 23 heavy (non-hydrogen) atoms. The highest BCUT2D eigenvalue weighted by Crippen LogP contribution is 2.37. The molecule has 1 amide bonds. The first-order valence-electron chi connectivity index (χ1n) is 8.06. The van der Waals surface area contributed by atoms with Gasteiger partial charge >= 0.3 is 5.97 Å². The molecule has 1 fully saturated rings. The number of nitrogens with zero attached hydrogens (tertiary/aromatic N) is 1. The lowest BCUT2D eigenvalue weighted by molar-refractivity contribution is -0.165. The van der Waals surface area contributed by atoms with Crippen molar-refractivity contribution in [3.63, 3.8) is 0 Å². The third kappa shape index (κ3) is 3.39. The number of amides is 1. The summed E-state index contributed by atoms with van der Waals surface area (Å²) in [5.74, 6) is -1.48. The van der Waals surface area contributed by atoms with Crippen molar-refractivity contribution in [1.29, 1.82) is 0 Å². The number of aliphatic carboxylic acids is 1. The predicted octanol–water partition coefficient (Wildman–Crippen LogP) is 2.55. The normalized spacial score (nSPS) is 24.2. The van der Waals surface area contributed by atoms with Crippen LogP contribution in [0.25, 0.3) is 0 Å². The average Bonchev–Trinajstić information content (AvgIpc) is 2.85. The van der Waals surface area contributed by atoms with E-state index in [1.54, 1.807) is 13.8 Å². The van der Waals surface area contributed by atoms with Crippen LogP contribution in [0.5, 0.6) is 0 Å². The van der Waals surface area contributed by atoms with Crippen molar-refractivity contribution in [2.75, 3.05) is 13.2 Å². The van der Waals surface area contributed by atoms with Crippen molar-refractivity contribution in [1.82, 2.24) is 4.90 Å². The molecule has 1 aliphatic heterocycles. The van der Waals surface area contributed by atoms with Crippen LogP contribution in [0.4, 0.5) is 0 Å². The zero-order valence-corrected chi connectivity index (χ0v) is 14.0. The Bertz CT molecular complexity index is 557. The van der Waals surface area contributed by atoms with Gasteiger partial charge in [0.05, 0.1) is 13.2 Å². The average molecular weight is 319 g/mol. The van der Waals surface area contributed by atoms with Gasteiger partial charge in [0.1, 0.15) is 0 Å². The Labute approximate surface area is 137 Å². The fourth-order valence-corrected chi connectivity index (χ4v) is 3.15. The summed E-state index contributed by atoms with van der Waals surface area (Å²) in [4.78, 5) is 26.0. The molecule has 0 bridgehead atoms. The second kappa shape index (κ2) is 7.13. The summed E-state index contributed by atoms with van der Waals surface area (Å²) in [6.07, 6.45) is 0.680. The van der Waals surface area contributed by atoms with E-state index in [2.05, 4.69) is 0 Å². The summed E-state index contributed by atoms with van der Waals surface area (Å²) in [5.41, 5.74) is -0.281. The van der Waals surface area contributed by atoms with Gasteiger partial charge < -0.3 is 14.7 Å². The predicted molar refractivity (Wildman–Crippen MR) is 86.8 cm³/mol. The molecule has 5 nitrogen and oxygen atoms in total. The molecule has 1 heterocycles. The van der Waals surface area contributed by atoms with E-state index in [-0.39, 0.29) is 24.3 Å². The third-order valence-electron chi connectivity index (χ3n) is 4.65. The molecule has 0 aliphatic carbocycles. The molecule has 2 unspecified atom stereocenters. The van der Waals surface area contributed by atoms with E-state index in [4.69, 9.17) is 4.74 Å². The summed E-state index contributed by atoms with van der Waals surface area (Å²) in [7, 11) is 0. The minimum absolute atomic E-state index is 0.0108. The molecule has 1 aromatic carbocycles. The molecule has 2 atom stereocenters. The van der Waals surface area contributed by atoms with E-state index in [9.17, 15) is 14.7 Å². The molecule has 2 rings (SSSR count). The van der Waals surface area contributed by atoms with Crippen LogP contribution in [-0.2, 0) is 20.9 Å². The summed E-state index contributed by atoms with van der Waals surface area (Å²) in [5, 5.41) is 9.86. The number of benzene rings is 1. The van der Waals surface area contributed by atoms with Crippen LogP contribution < -0.4 is 0 Å². The first-order chi connectivity index (χ1) is 10.9. The maximum Gasteiger partial charge on any atom is 0.332 e. The van der Waals surface area contributed by atoms with Crippen molar-refractivity contribution in [2.24, 2.45) is 11.8 Å². The van der Waals surface area contributed by atoms with Crippen LogP contribution in [0.3, 0.4) is 0 Å². The number of carboxylic acids is 1. The van der Waals surface area contributed by atoms with Gasteiger partial charge in [0, 0.05) is 12.5 Å². The van der Waals surface area contributed by atoms with Crippen LogP contribution in [0.1, 0.15) is 32.8 Å². The maximum absolute atomic E-state index is 12.5. The van der Waals surface area contributed by atoms with Gasteiger partial charge in [-0.3, -0.25) is 4.79 Å². The van der Waals surface area contributed by atoms with Crippen LogP contribution >= 0.6 is 0 Å². The first kappa shape index (κ1) is 17.5. The number of likely N-dealkylation sites (tertiary alicyclic amines) is 1. The molecule has 0 spiro atoms. The van der Waals surface area contributed by atoms with E-state index in [0.717, 1.165) is 5.56 Å². The Hall–Kier alpha value is -1.88. The molecule has 126 valence electrons. The molecule has 0 aromatic heterocycles. The van der Waals surface area contributed by atoms with Gasteiger partial charge in [-0.15, -0.1) is 0 Å². The minimum atomic E-state index is -1.27. The number of ether oxygens (including phenoxy) is 1. The fraction of sp³-hybridized carbons (Fsp3) is 0.556. The van der Waals surface area contributed by atoms with E-state index >= 15 is 0 Å². The van der Waals surface area contributed by atoms with Gasteiger partial charge in [-0.1, -0.05) is 51.1 Å². The van der Waals surface area contributed by atoms with E-state index in [1.807, 2.05) is 37.3 Å². The maximum atomic E-state index is 12.5. The summed E-state index contributed by atoms with van der Waals surface area (Å²) in [6, 6.07) is 9.62. The second-order valence-electron chi connectivity index (χ2n) is 6.54. The Balaban J connectivity index is 2.16. The number of rotatable bonds is 6. The standard InChI is InChI=1S/C18H25NO4/c1-13(2)16(20)19-10-9-14(3)18(19,17(21)22)12-23-11-15-7-5-4-6-8-15/h4-8,13-14H,9-12H2,1-3H3,(H,21,22). The monoisotopic (exact) mass is 319 g/mol. The van der Waals surface area contributed by atoms with Gasteiger partial charge in [-0.25, -0.2) is 4.79 Å². The Morgan fingerprint density at radius 1 is 1.35 bits per heavy atom. The van der Waals surface area contributed by atoms with Gasteiger partial charge in [0.2, 0.25) is 5.91 Å². The van der Waals surface area contributed by atoms with Crippen molar-refractivity contribution in [2.45, 2.75) is 39.3 Å². The molecule has 1 aromatic rings. The van der Waals surface area contributed by atoms with Gasteiger partial charge in [-0.2, -0.15) is 0 Å². The number of hydrogen-bond acceptors (Lipinski definition) is 3. The third-order valence-corrected chi connectivity index (χ3v) is 4.65. The lowest BCUT2D eigenvalue weighted by Crippen LogP contribution is -2.59. The largest absolute Gasteiger partial charge is 0.479 e. The summed E-state index contributed by atoms with van der Waals surface area (Å²) < 4.78 is 5.72. The number of carbonyl (C=O) groups is 2. The van der Waals surface area contributed by atoms with E-state index < -0.39 is 11.5 Å². The molecule has 0 radical (unpaired) electrons. The van der Waals surface area contributed by atoms with Crippen LogP contribution in [-0.4, -0.2) is 40.6 Å². The minimum Gasteiger partial charge on any atom is -0.479 e. The lowest BCUT2D eigenvalue weighted by Gasteiger charge is -2.38. The molecule has 1 saturated heterocycles. The molecule has 1 N–H and O–H groups in total. The van der Waals surface area contributed by atoms with Gasteiger partial charge in [-0.05, 0) is 17.9 Å². The topological polar surface area (TPSA) is 66.8 Å². The van der Waals surface area contributed by atoms with Crippen LogP contribution in [0.2, 0.25) is 0 Å². The molecule has 1 aliphatic rings. The van der Waals surface area contributed by atoms with E-state index in [0.29, 0.717) is 19.6 Å². The first-order valence-corrected chi connectivity index (χ1v) is 8.06. The van der Waals surface area contributed by atoms with Crippen molar-refractivity contribution in [3.8, 4) is 0 Å². The Morgan fingerprint density at radius 3 is 2.57 bits per heavy atom.